The van der Waals surface area contributed by atoms with Crippen molar-refractivity contribution in [1.29, 1.82) is 5.26 Å². The highest BCUT2D eigenvalue weighted by Crippen LogP contribution is 2.19. The van der Waals surface area contributed by atoms with Gasteiger partial charge in [0.2, 0.25) is 0 Å². The maximum Gasteiger partial charge on any atom is 0.185 e. The summed E-state index contributed by atoms with van der Waals surface area (Å²) in [5.74, 6) is 0.400. The summed E-state index contributed by atoms with van der Waals surface area (Å²) in [6.45, 7) is 8.33. The van der Waals surface area contributed by atoms with E-state index < -0.39 is 8.32 Å². The van der Waals surface area contributed by atoms with Crippen molar-refractivity contribution in [2.75, 3.05) is 13.1 Å². The molecule has 1 saturated heterocycles. The largest absolute Gasteiger partial charge is 0.402 e. The first-order valence-corrected chi connectivity index (χ1v) is 8.22. The van der Waals surface area contributed by atoms with Gasteiger partial charge in [-0.05, 0) is 32.6 Å². The third-order valence-electron chi connectivity index (χ3n) is 2.13. The summed E-state index contributed by atoms with van der Waals surface area (Å²) < 4.78 is 5.81. The monoisotopic (exact) mass is 198 g/mol. The third kappa shape index (κ3) is 3.47. The van der Waals surface area contributed by atoms with Crippen molar-refractivity contribution in [1.82, 2.24) is 5.32 Å². The molecule has 0 saturated carbocycles. The first-order chi connectivity index (χ1) is 6.03. The van der Waals surface area contributed by atoms with E-state index in [4.69, 9.17) is 9.69 Å². The second kappa shape index (κ2) is 4.23. The van der Waals surface area contributed by atoms with E-state index >= 15 is 0 Å². The van der Waals surface area contributed by atoms with Crippen LogP contribution >= 0.6 is 0 Å². The molecular weight excluding hydrogens is 180 g/mol. The van der Waals surface area contributed by atoms with Crippen molar-refractivity contribution in [3.63, 3.8) is 0 Å². The van der Waals surface area contributed by atoms with Crippen LogP contribution < -0.4 is 5.32 Å². The summed E-state index contributed by atoms with van der Waals surface area (Å²) in [6, 6.07) is 2.27. The van der Waals surface area contributed by atoms with E-state index in [-0.39, 0.29) is 6.10 Å². The van der Waals surface area contributed by atoms with Gasteiger partial charge in [0.25, 0.3) is 0 Å². The molecule has 0 aromatic rings. The van der Waals surface area contributed by atoms with Gasteiger partial charge >= 0.3 is 0 Å². The number of nitrogens with one attached hydrogen (secondary N) is 1. The summed E-state index contributed by atoms with van der Waals surface area (Å²) in [7, 11) is -1.56. The van der Waals surface area contributed by atoms with Gasteiger partial charge in [-0.15, -0.1) is 0 Å². The van der Waals surface area contributed by atoms with E-state index in [1.54, 1.807) is 0 Å². The molecule has 2 unspecified atom stereocenters. The second-order valence-corrected chi connectivity index (χ2v) is 8.99. The highest BCUT2D eigenvalue weighted by molar-refractivity contribution is 6.69. The zero-order chi connectivity index (χ0) is 9.90. The normalized spacial score (nSPS) is 25.5. The molecule has 1 fully saturated rings. The molecule has 3 nitrogen and oxygen atoms in total. The predicted octanol–water partition coefficient (Wildman–Crippen LogP) is 1.34. The molecule has 0 aromatic heterocycles. The van der Waals surface area contributed by atoms with Crippen molar-refractivity contribution in [3.8, 4) is 6.07 Å². The van der Waals surface area contributed by atoms with Crippen molar-refractivity contribution >= 4 is 8.32 Å². The highest BCUT2D eigenvalue weighted by atomic mass is 28.4. The third-order valence-corrected chi connectivity index (χ3v) is 3.10. The Labute approximate surface area is 81.2 Å². The SMILES string of the molecule is C[Si](C)(C)OC(C#N)C1CCNC1. The molecule has 4 heteroatoms. The number of rotatable bonds is 3. The van der Waals surface area contributed by atoms with Crippen LogP contribution in [0.15, 0.2) is 0 Å². The Kier molecular flexibility index (Phi) is 3.48. The Morgan fingerprint density at radius 2 is 2.23 bits per heavy atom. The number of hydrogen-bond acceptors (Lipinski definition) is 3. The standard InChI is InChI=1S/C9H18N2OSi/c1-13(2,3)12-9(6-10)8-4-5-11-7-8/h8-9,11H,4-5,7H2,1-3H3. The van der Waals surface area contributed by atoms with Gasteiger partial charge in [0.15, 0.2) is 8.32 Å². The van der Waals surface area contributed by atoms with Crippen LogP contribution in [0.2, 0.25) is 19.6 Å². The van der Waals surface area contributed by atoms with Crippen molar-refractivity contribution in [2.45, 2.75) is 32.2 Å². The summed E-state index contributed by atoms with van der Waals surface area (Å²) in [4.78, 5) is 0. The number of nitriles is 1. The first-order valence-electron chi connectivity index (χ1n) is 4.81. The maximum atomic E-state index is 8.97. The molecule has 1 rings (SSSR count). The smallest absolute Gasteiger partial charge is 0.185 e. The molecule has 1 aliphatic heterocycles. The van der Waals surface area contributed by atoms with Gasteiger partial charge in [-0.2, -0.15) is 5.26 Å². The molecule has 0 radical (unpaired) electrons. The van der Waals surface area contributed by atoms with E-state index in [1.807, 2.05) is 0 Å². The van der Waals surface area contributed by atoms with E-state index in [9.17, 15) is 0 Å². The quantitative estimate of drug-likeness (QED) is 0.696. The molecule has 0 spiro atoms. The van der Waals surface area contributed by atoms with Crippen molar-refractivity contribution in [2.24, 2.45) is 5.92 Å². The Morgan fingerprint density at radius 3 is 2.62 bits per heavy atom. The minimum atomic E-state index is -1.56. The summed E-state index contributed by atoms with van der Waals surface area (Å²) in [5, 5.41) is 12.2. The molecule has 0 bridgehead atoms. The Bertz CT molecular complexity index is 201. The Hall–Kier alpha value is -0.373. The Balaban J connectivity index is 2.48. The molecule has 1 N–H and O–H groups in total. The molecule has 1 aliphatic rings. The van der Waals surface area contributed by atoms with E-state index in [2.05, 4.69) is 31.0 Å². The van der Waals surface area contributed by atoms with E-state index in [0.717, 1.165) is 19.5 Å². The average Bonchev–Trinajstić information content (AvgIpc) is 2.50. The molecule has 0 aromatic carbocycles. The number of hydrogen-bond donors (Lipinski definition) is 1. The summed E-state index contributed by atoms with van der Waals surface area (Å²) in [6.07, 6.45) is 0.879. The maximum absolute atomic E-state index is 8.97. The lowest BCUT2D eigenvalue weighted by molar-refractivity contribution is 0.187. The molecule has 1 heterocycles. The van der Waals surface area contributed by atoms with Crippen LogP contribution in [0.5, 0.6) is 0 Å². The van der Waals surface area contributed by atoms with Gasteiger partial charge in [0, 0.05) is 12.5 Å². The van der Waals surface area contributed by atoms with Gasteiger partial charge in [0.1, 0.15) is 6.10 Å². The highest BCUT2D eigenvalue weighted by Gasteiger charge is 2.29. The summed E-state index contributed by atoms with van der Waals surface area (Å²) >= 11 is 0. The summed E-state index contributed by atoms with van der Waals surface area (Å²) in [5.41, 5.74) is 0. The van der Waals surface area contributed by atoms with Crippen LogP contribution in [-0.2, 0) is 4.43 Å². The minimum Gasteiger partial charge on any atom is -0.402 e. The van der Waals surface area contributed by atoms with Gasteiger partial charge < -0.3 is 9.74 Å². The molecule has 0 aliphatic carbocycles. The van der Waals surface area contributed by atoms with Crippen LogP contribution in [0.3, 0.4) is 0 Å². The van der Waals surface area contributed by atoms with Crippen LogP contribution in [0, 0.1) is 17.2 Å². The van der Waals surface area contributed by atoms with Crippen molar-refractivity contribution < 1.29 is 4.43 Å². The zero-order valence-corrected chi connectivity index (χ0v) is 9.63. The van der Waals surface area contributed by atoms with Gasteiger partial charge in [-0.3, -0.25) is 0 Å². The fourth-order valence-electron chi connectivity index (χ4n) is 1.54. The van der Waals surface area contributed by atoms with Crippen LogP contribution in [-0.4, -0.2) is 27.5 Å². The van der Waals surface area contributed by atoms with Crippen LogP contribution in [0.1, 0.15) is 6.42 Å². The molecular formula is C9H18N2OSi. The fraction of sp³-hybridized carbons (Fsp3) is 0.889. The zero-order valence-electron chi connectivity index (χ0n) is 8.63. The predicted molar refractivity (Wildman–Crippen MR) is 54.8 cm³/mol. The van der Waals surface area contributed by atoms with Gasteiger partial charge in [-0.1, -0.05) is 0 Å². The Morgan fingerprint density at radius 1 is 1.54 bits per heavy atom. The first kappa shape index (κ1) is 10.7. The molecule has 2 atom stereocenters. The lowest BCUT2D eigenvalue weighted by atomic mass is 10.0. The molecule has 13 heavy (non-hydrogen) atoms. The van der Waals surface area contributed by atoms with E-state index in [1.165, 1.54) is 0 Å². The minimum absolute atomic E-state index is 0.193. The van der Waals surface area contributed by atoms with Crippen molar-refractivity contribution in [3.05, 3.63) is 0 Å². The van der Waals surface area contributed by atoms with Crippen LogP contribution in [0.4, 0.5) is 0 Å². The average molecular weight is 198 g/mol. The van der Waals surface area contributed by atoms with Crippen LogP contribution in [0.25, 0.3) is 0 Å². The lowest BCUT2D eigenvalue weighted by Gasteiger charge is -2.25. The van der Waals surface area contributed by atoms with Gasteiger partial charge in [-0.25, -0.2) is 0 Å². The van der Waals surface area contributed by atoms with E-state index in [0.29, 0.717) is 5.92 Å². The topological polar surface area (TPSA) is 45.0 Å². The van der Waals surface area contributed by atoms with Gasteiger partial charge in [0.05, 0.1) is 6.07 Å². The molecule has 74 valence electrons. The second-order valence-electron chi connectivity index (χ2n) is 4.53. The lowest BCUT2D eigenvalue weighted by Crippen LogP contribution is -2.36. The fourth-order valence-corrected chi connectivity index (χ4v) is 2.55. The number of nitrogens with zero attached hydrogens (tertiary/aromatic N) is 1. The molecule has 0 amide bonds.